The minimum absolute atomic E-state index is 0.0726. The minimum Gasteiger partial charge on any atom is -0.481 e. The molecule has 0 radical (unpaired) electrons. The van der Waals surface area contributed by atoms with Crippen molar-refractivity contribution in [3.63, 3.8) is 0 Å². The lowest BCUT2D eigenvalue weighted by molar-refractivity contribution is -0.136. The van der Waals surface area contributed by atoms with Crippen LogP contribution in [0.1, 0.15) is 17.7 Å². The maximum absolute atomic E-state index is 10.4. The molecule has 0 amide bonds. The van der Waals surface area contributed by atoms with E-state index in [-0.39, 0.29) is 6.42 Å². The van der Waals surface area contributed by atoms with Gasteiger partial charge in [0.05, 0.1) is 12.1 Å². The second-order valence-corrected chi connectivity index (χ2v) is 4.22. The first kappa shape index (κ1) is 11.8. The predicted molar refractivity (Wildman–Crippen MR) is 62.8 cm³/mol. The van der Waals surface area contributed by atoms with Crippen LogP contribution >= 0.6 is 0 Å². The van der Waals surface area contributed by atoms with Gasteiger partial charge in [-0.2, -0.15) is 0 Å². The van der Waals surface area contributed by atoms with E-state index in [1.54, 1.807) is 0 Å². The van der Waals surface area contributed by atoms with Crippen molar-refractivity contribution in [2.45, 2.75) is 19.4 Å². The van der Waals surface area contributed by atoms with Crippen molar-refractivity contribution in [1.29, 1.82) is 0 Å². The maximum atomic E-state index is 10.4. The Morgan fingerprint density at radius 3 is 3.24 bits per heavy atom. The lowest BCUT2D eigenvalue weighted by atomic mass is 10.1. The number of anilines is 1. The van der Waals surface area contributed by atoms with Gasteiger partial charge < -0.3 is 15.3 Å². The highest BCUT2D eigenvalue weighted by molar-refractivity contribution is 5.67. The maximum Gasteiger partial charge on any atom is 0.305 e. The quantitative estimate of drug-likeness (QED) is 0.785. The number of carboxylic acids is 1. The molecule has 0 saturated carbocycles. The highest BCUT2D eigenvalue weighted by Gasteiger charge is 2.15. The molecule has 17 heavy (non-hydrogen) atoms. The molecular formula is C11H16N4O2. The molecule has 0 unspecified atom stereocenters. The molecule has 1 aromatic rings. The first-order valence-corrected chi connectivity index (χ1v) is 5.64. The van der Waals surface area contributed by atoms with Crippen LogP contribution in [-0.4, -0.2) is 46.1 Å². The van der Waals surface area contributed by atoms with Crippen LogP contribution in [-0.2, 0) is 17.8 Å². The summed E-state index contributed by atoms with van der Waals surface area (Å²) >= 11 is 0. The van der Waals surface area contributed by atoms with Gasteiger partial charge in [0.25, 0.3) is 0 Å². The van der Waals surface area contributed by atoms with Gasteiger partial charge in [0, 0.05) is 37.8 Å². The van der Waals surface area contributed by atoms with Gasteiger partial charge in [-0.15, -0.1) is 0 Å². The van der Waals surface area contributed by atoms with Gasteiger partial charge in [-0.25, -0.2) is 9.97 Å². The van der Waals surface area contributed by atoms with Crippen LogP contribution in [0.4, 0.5) is 5.95 Å². The third kappa shape index (κ3) is 3.13. The smallest absolute Gasteiger partial charge is 0.305 e. The zero-order valence-corrected chi connectivity index (χ0v) is 9.81. The van der Waals surface area contributed by atoms with Crippen LogP contribution in [0.3, 0.4) is 0 Å². The van der Waals surface area contributed by atoms with Gasteiger partial charge in [0.2, 0.25) is 5.95 Å². The molecule has 92 valence electrons. The van der Waals surface area contributed by atoms with E-state index in [0.29, 0.717) is 12.5 Å². The Morgan fingerprint density at radius 2 is 2.47 bits per heavy atom. The molecule has 1 aliphatic heterocycles. The van der Waals surface area contributed by atoms with Crippen LogP contribution < -0.4 is 5.32 Å². The molecule has 2 N–H and O–H groups in total. The molecule has 1 aromatic heterocycles. The SMILES string of the molecule is CN1CCc2nc(NCCC(=O)O)ncc2C1. The molecule has 0 fully saturated rings. The lowest BCUT2D eigenvalue weighted by Crippen LogP contribution is -2.27. The van der Waals surface area contributed by atoms with Gasteiger partial charge in [-0.3, -0.25) is 4.79 Å². The molecule has 2 heterocycles. The molecule has 6 heteroatoms. The monoisotopic (exact) mass is 236 g/mol. The second kappa shape index (κ2) is 5.09. The van der Waals surface area contributed by atoms with Crippen LogP contribution in [0.25, 0.3) is 0 Å². The normalized spacial score (nSPS) is 15.4. The summed E-state index contributed by atoms with van der Waals surface area (Å²) < 4.78 is 0. The topological polar surface area (TPSA) is 78.4 Å². The number of carbonyl (C=O) groups is 1. The molecule has 0 atom stereocenters. The van der Waals surface area contributed by atoms with Crippen molar-refractivity contribution < 1.29 is 9.90 Å². The standard InChI is InChI=1S/C11H16N4O2/c1-15-5-3-9-8(7-15)6-13-11(14-9)12-4-2-10(16)17/h6H,2-5,7H2,1H3,(H,16,17)(H,12,13,14). The van der Waals surface area contributed by atoms with Gasteiger partial charge in [0.15, 0.2) is 0 Å². The summed E-state index contributed by atoms with van der Waals surface area (Å²) in [7, 11) is 2.07. The summed E-state index contributed by atoms with van der Waals surface area (Å²) in [6, 6.07) is 0. The van der Waals surface area contributed by atoms with Crippen LogP contribution in [0, 0.1) is 0 Å². The number of aromatic nitrogens is 2. The first-order chi connectivity index (χ1) is 8.15. The first-order valence-electron chi connectivity index (χ1n) is 5.64. The highest BCUT2D eigenvalue weighted by Crippen LogP contribution is 2.16. The summed E-state index contributed by atoms with van der Waals surface area (Å²) in [5.74, 6) is -0.299. The number of hydrogen-bond acceptors (Lipinski definition) is 5. The molecule has 2 rings (SSSR count). The van der Waals surface area contributed by atoms with E-state index < -0.39 is 5.97 Å². The molecule has 0 aliphatic carbocycles. The van der Waals surface area contributed by atoms with E-state index in [1.807, 2.05) is 6.20 Å². The summed E-state index contributed by atoms with van der Waals surface area (Å²) in [4.78, 5) is 21.2. The van der Waals surface area contributed by atoms with Crippen LogP contribution in [0.15, 0.2) is 6.20 Å². The van der Waals surface area contributed by atoms with Gasteiger partial charge in [-0.1, -0.05) is 0 Å². The Balaban J connectivity index is 1.99. The van der Waals surface area contributed by atoms with Gasteiger partial charge in [-0.05, 0) is 7.05 Å². The minimum atomic E-state index is -0.822. The van der Waals surface area contributed by atoms with E-state index in [1.165, 1.54) is 0 Å². The second-order valence-electron chi connectivity index (χ2n) is 4.22. The number of likely N-dealkylation sites (N-methyl/N-ethyl adjacent to an activating group) is 1. The molecule has 0 bridgehead atoms. The number of rotatable bonds is 4. The van der Waals surface area contributed by atoms with Crippen molar-refractivity contribution in [2.24, 2.45) is 0 Å². The van der Waals surface area contributed by atoms with E-state index in [0.717, 1.165) is 30.8 Å². The number of fused-ring (bicyclic) bond motifs is 1. The van der Waals surface area contributed by atoms with Crippen LogP contribution in [0.5, 0.6) is 0 Å². The molecular weight excluding hydrogens is 220 g/mol. The van der Waals surface area contributed by atoms with Crippen molar-refractivity contribution in [3.8, 4) is 0 Å². The van der Waals surface area contributed by atoms with Crippen molar-refractivity contribution in [2.75, 3.05) is 25.5 Å². The average molecular weight is 236 g/mol. The summed E-state index contributed by atoms with van der Waals surface area (Å²) in [5, 5.41) is 11.4. The number of aliphatic carboxylic acids is 1. The van der Waals surface area contributed by atoms with E-state index in [9.17, 15) is 4.79 Å². The Morgan fingerprint density at radius 1 is 1.65 bits per heavy atom. The summed E-state index contributed by atoms with van der Waals surface area (Å²) in [6.45, 7) is 2.23. The third-order valence-electron chi connectivity index (χ3n) is 2.75. The van der Waals surface area contributed by atoms with Crippen molar-refractivity contribution in [1.82, 2.24) is 14.9 Å². The molecule has 6 nitrogen and oxygen atoms in total. The largest absolute Gasteiger partial charge is 0.481 e. The van der Waals surface area contributed by atoms with Gasteiger partial charge >= 0.3 is 5.97 Å². The van der Waals surface area contributed by atoms with E-state index >= 15 is 0 Å². The zero-order chi connectivity index (χ0) is 12.3. The molecule has 0 spiro atoms. The number of nitrogens with one attached hydrogen (secondary N) is 1. The average Bonchev–Trinajstić information content (AvgIpc) is 2.29. The van der Waals surface area contributed by atoms with Crippen molar-refractivity contribution in [3.05, 3.63) is 17.5 Å². The van der Waals surface area contributed by atoms with Crippen molar-refractivity contribution >= 4 is 11.9 Å². The fraction of sp³-hybridized carbons (Fsp3) is 0.545. The summed E-state index contributed by atoms with van der Waals surface area (Å²) in [6.07, 6.45) is 2.81. The zero-order valence-electron chi connectivity index (χ0n) is 9.81. The fourth-order valence-corrected chi connectivity index (χ4v) is 1.82. The predicted octanol–water partition coefficient (Wildman–Crippen LogP) is 0.351. The Bertz CT molecular complexity index is 422. The third-order valence-corrected chi connectivity index (χ3v) is 2.75. The van der Waals surface area contributed by atoms with Gasteiger partial charge in [0.1, 0.15) is 0 Å². The number of carboxylic acid groups (broad SMARTS) is 1. The molecule has 0 saturated heterocycles. The molecule has 1 aliphatic rings. The van der Waals surface area contributed by atoms with Crippen LogP contribution in [0.2, 0.25) is 0 Å². The number of nitrogens with zero attached hydrogens (tertiary/aromatic N) is 3. The summed E-state index contributed by atoms with van der Waals surface area (Å²) in [5.41, 5.74) is 2.22. The molecule has 0 aromatic carbocycles. The lowest BCUT2D eigenvalue weighted by Gasteiger charge is -2.23. The van der Waals surface area contributed by atoms with E-state index in [2.05, 4.69) is 27.2 Å². The Kier molecular flexibility index (Phi) is 3.53. The van der Waals surface area contributed by atoms with E-state index in [4.69, 9.17) is 5.11 Å². The highest BCUT2D eigenvalue weighted by atomic mass is 16.4. The Hall–Kier alpha value is -1.69. The number of hydrogen-bond donors (Lipinski definition) is 2. The Labute approximate surface area is 99.7 Å². The fourth-order valence-electron chi connectivity index (χ4n) is 1.82.